The number of nitrogen functional groups attached to an aromatic ring is 1. The summed E-state index contributed by atoms with van der Waals surface area (Å²) in [5.41, 5.74) is 5.20. The molecule has 214 valence electrons. The number of methoxy groups -OCH3 is 1. The second kappa shape index (κ2) is 11.8. The number of nitrogens with zero attached hydrogens (tertiary/aromatic N) is 2. The fourth-order valence-corrected chi connectivity index (χ4v) is 10.3. The van der Waals surface area contributed by atoms with Crippen molar-refractivity contribution in [3.05, 3.63) is 82.9 Å². The summed E-state index contributed by atoms with van der Waals surface area (Å²) in [4.78, 5) is 30.3. The van der Waals surface area contributed by atoms with Crippen LogP contribution in [0.5, 0.6) is 0 Å². The number of anilines is 1. The van der Waals surface area contributed by atoms with Crippen LogP contribution in [0.15, 0.2) is 71.5 Å². The first-order chi connectivity index (χ1) is 19.0. The summed E-state index contributed by atoms with van der Waals surface area (Å²) in [6.45, 7) is 9.54. The van der Waals surface area contributed by atoms with Crippen molar-refractivity contribution in [2.75, 3.05) is 19.5 Å². The van der Waals surface area contributed by atoms with Gasteiger partial charge in [-0.2, -0.15) is 4.98 Å². The zero-order valence-electron chi connectivity index (χ0n) is 23.9. The van der Waals surface area contributed by atoms with E-state index in [0.29, 0.717) is 0 Å². The average molecular weight is 566 g/mol. The first-order valence-electron chi connectivity index (χ1n) is 13.5. The number of Topliss-reactive ketones (excluding diaryl/α,β-unsaturated/α-hetero) is 1. The van der Waals surface area contributed by atoms with Gasteiger partial charge in [-0.05, 0) is 15.4 Å². The van der Waals surface area contributed by atoms with Crippen LogP contribution in [0.25, 0.3) is 0 Å². The van der Waals surface area contributed by atoms with Crippen molar-refractivity contribution in [1.29, 1.82) is 0 Å². The van der Waals surface area contributed by atoms with Gasteiger partial charge < -0.3 is 24.7 Å². The minimum absolute atomic E-state index is 0.0592. The minimum atomic E-state index is -3.10. The van der Waals surface area contributed by atoms with Gasteiger partial charge in [0.25, 0.3) is 8.32 Å². The quantitative estimate of drug-likeness (QED) is 0.300. The lowest BCUT2D eigenvalue weighted by atomic mass is 10.0. The molecule has 2 aromatic carbocycles. The topological polar surface area (TPSA) is 126 Å². The van der Waals surface area contributed by atoms with Gasteiger partial charge in [-0.3, -0.25) is 9.36 Å². The van der Waals surface area contributed by atoms with E-state index in [1.807, 2.05) is 36.4 Å². The van der Waals surface area contributed by atoms with Crippen LogP contribution >= 0.6 is 0 Å². The van der Waals surface area contributed by atoms with E-state index in [1.165, 1.54) is 17.7 Å². The number of aliphatic hydroxyl groups is 1. The van der Waals surface area contributed by atoms with Gasteiger partial charge in [-0.25, -0.2) is 4.79 Å². The number of carbonyl (C=O) groups excluding carboxylic acids is 1. The molecule has 40 heavy (non-hydrogen) atoms. The molecule has 4 atom stereocenters. The molecule has 0 bridgehead atoms. The van der Waals surface area contributed by atoms with Gasteiger partial charge >= 0.3 is 5.69 Å². The van der Waals surface area contributed by atoms with Crippen LogP contribution in [0.1, 0.15) is 51.3 Å². The molecule has 0 radical (unpaired) electrons. The molecule has 0 unspecified atom stereocenters. The van der Waals surface area contributed by atoms with Crippen LogP contribution in [0.2, 0.25) is 5.04 Å². The summed E-state index contributed by atoms with van der Waals surface area (Å²) in [6, 6.07) is 21.6. The highest BCUT2D eigenvalue weighted by Gasteiger charge is 2.57. The maximum absolute atomic E-state index is 13.2. The Bertz CT molecular complexity index is 1330. The van der Waals surface area contributed by atoms with Crippen molar-refractivity contribution in [2.24, 2.45) is 5.92 Å². The second-order valence-corrected chi connectivity index (χ2v) is 15.7. The predicted molar refractivity (Wildman–Crippen MR) is 156 cm³/mol. The van der Waals surface area contributed by atoms with Crippen molar-refractivity contribution in [2.45, 2.75) is 64.2 Å². The van der Waals surface area contributed by atoms with Gasteiger partial charge in [-0.15, -0.1) is 0 Å². The molecule has 10 heteroatoms. The molecular formula is C30H39N3O6Si. The number of benzene rings is 2. The molecule has 1 saturated heterocycles. The Labute approximate surface area is 236 Å². The standard InChI is InChI=1S/C30H39N3O6Si/c1-19(2)25(35)22-17-24(31)32-29(36)33(22)28-27(37-6)26(23(18-34)38-28)39-40(30(3,4)5,20-13-9-7-10-14-20)21-15-11-8-12-16-21/h7-17,19,23,26-28,34H,18H2,1-6H3,(H2,31,32,36)/t23-,26-,27-,28-/m1/s1. The van der Waals surface area contributed by atoms with Gasteiger partial charge in [0.05, 0.1) is 12.3 Å². The van der Waals surface area contributed by atoms with Crippen LogP contribution in [0, 0.1) is 5.92 Å². The Morgan fingerprint density at radius 2 is 1.62 bits per heavy atom. The molecular weight excluding hydrogens is 526 g/mol. The van der Waals surface area contributed by atoms with Crippen molar-refractivity contribution in [1.82, 2.24) is 9.55 Å². The van der Waals surface area contributed by atoms with Crippen LogP contribution in [-0.4, -0.2) is 60.8 Å². The highest BCUT2D eigenvalue weighted by Crippen LogP contribution is 2.42. The number of nitrogens with two attached hydrogens (primary N) is 1. The molecule has 0 amide bonds. The van der Waals surface area contributed by atoms with E-state index in [0.717, 1.165) is 10.4 Å². The highest BCUT2D eigenvalue weighted by atomic mass is 28.4. The first-order valence-corrected chi connectivity index (χ1v) is 15.4. The third-order valence-electron chi connectivity index (χ3n) is 7.47. The van der Waals surface area contributed by atoms with E-state index in [-0.39, 0.29) is 28.9 Å². The Morgan fingerprint density at radius 3 is 2.08 bits per heavy atom. The smallest absolute Gasteiger partial charge is 0.352 e. The predicted octanol–water partition coefficient (Wildman–Crippen LogP) is 2.51. The number of hydrogen-bond acceptors (Lipinski definition) is 8. The van der Waals surface area contributed by atoms with E-state index in [9.17, 15) is 14.7 Å². The van der Waals surface area contributed by atoms with E-state index >= 15 is 0 Å². The molecule has 9 nitrogen and oxygen atoms in total. The molecule has 1 fully saturated rings. The number of hydrogen-bond donors (Lipinski definition) is 2. The monoisotopic (exact) mass is 565 g/mol. The average Bonchev–Trinajstić information content (AvgIpc) is 3.27. The van der Waals surface area contributed by atoms with Crippen LogP contribution in [0.3, 0.4) is 0 Å². The van der Waals surface area contributed by atoms with E-state index in [4.69, 9.17) is 19.6 Å². The molecule has 0 aliphatic carbocycles. The summed E-state index contributed by atoms with van der Waals surface area (Å²) >= 11 is 0. The number of aromatic nitrogens is 2. The third kappa shape index (κ3) is 5.29. The maximum Gasteiger partial charge on any atom is 0.352 e. The third-order valence-corrected chi connectivity index (χ3v) is 12.5. The Morgan fingerprint density at radius 1 is 1.07 bits per heavy atom. The Kier molecular flexibility index (Phi) is 8.77. The molecule has 4 rings (SSSR count). The summed E-state index contributed by atoms with van der Waals surface area (Å²) in [5, 5.41) is 12.2. The Balaban J connectivity index is 1.90. The fraction of sp³-hybridized carbons (Fsp3) is 0.433. The van der Waals surface area contributed by atoms with Crippen LogP contribution < -0.4 is 21.8 Å². The summed E-state index contributed by atoms with van der Waals surface area (Å²) in [6.07, 6.45) is -3.55. The lowest BCUT2D eigenvalue weighted by Crippen LogP contribution is -2.69. The number of ketones is 1. The zero-order chi connectivity index (χ0) is 29.2. The van der Waals surface area contributed by atoms with Crippen LogP contribution in [-0.2, 0) is 13.9 Å². The minimum Gasteiger partial charge on any atom is -0.399 e. The highest BCUT2D eigenvalue weighted by molar-refractivity contribution is 6.99. The van der Waals surface area contributed by atoms with Gasteiger partial charge in [0.2, 0.25) is 0 Å². The largest absolute Gasteiger partial charge is 0.399 e. The van der Waals surface area contributed by atoms with Gasteiger partial charge in [0.15, 0.2) is 12.0 Å². The summed E-state index contributed by atoms with van der Waals surface area (Å²) in [7, 11) is -1.60. The van der Waals surface area contributed by atoms with E-state index < -0.39 is 44.5 Å². The SMILES string of the molecule is CO[C@@H]1[C@H](O[Si](c2ccccc2)(c2ccccc2)C(C)(C)C)[C@@H](CO)O[C@H]1n1c(C(=O)C(C)C)cc(N)nc1=O. The van der Waals surface area contributed by atoms with Crippen LogP contribution in [0.4, 0.5) is 5.82 Å². The van der Waals surface area contributed by atoms with Crippen molar-refractivity contribution in [3.63, 3.8) is 0 Å². The zero-order valence-corrected chi connectivity index (χ0v) is 24.9. The molecule has 1 aromatic heterocycles. The van der Waals surface area contributed by atoms with Gasteiger partial charge in [0.1, 0.15) is 24.1 Å². The molecule has 3 N–H and O–H groups in total. The molecule has 0 spiro atoms. The molecule has 0 saturated carbocycles. The first kappa shape index (κ1) is 29.8. The second-order valence-electron chi connectivity index (χ2n) is 11.4. The van der Waals surface area contributed by atoms with Gasteiger partial charge in [0, 0.05) is 19.1 Å². The molecule has 3 aromatic rings. The molecule has 1 aliphatic rings. The molecule has 2 heterocycles. The number of ether oxygens (including phenoxy) is 2. The van der Waals surface area contributed by atoms with E-state index in [2.05, 4.69) is 50.0 Å². The maximum atomic E-state index is 13.2. The van der Waals surface area contributed by atoms with E-state index in [1.54, 1.807) is 13.8 Å². The number of aliphatic hydroxyl groups excluding tert-OH is 1. The Hall–Kier alpha value is -3.15. The number of rotatable bonds is 9. The molecule has 1 aliphatic heterocycles. The lowest BCUT2D eigenvalue weighted by molar-refractivity contribution is -0.0632. The van der Waals surface area contributed by atoms with Crippen molar-refractivity contribution in [3.8, 4) is 0 Å². The normalized spacial score (nSPS) is 21.6. The van der Waals surface area contributed by atoms with Crippen molar-refractivity contribution < 1.29 is 23.8 Å². The van der Waals surface area contributed by atoms with Crippen molar-refractivity contribution >= 4 is 30.3 Å². The summed E-state index contributed by atoms with van der Waals surface area (Å²) < 4.78 is 20.7. The van der Waals surface area contributed by atoms with Gasteiger partial charge in [-0.1, -0.05) is 95.3 Å². The lowest BCUT2D eigenvalue weighted by Gasteiger charge is -2.45. The number of carbonyl (C=O) groups is 1. The summed E-state index contributed by atoms with van der Waals surface area (Å²) in [5.74, 6) is -0.759. The fourth-order valence-electron chi connectivity index (χ4n) is 5.59.